The number of carboxylic acid groups (broad SMARTS) is 1. The van der Waals surface area contributed by atoms with Crippen LogP contribution in [0.15, 0.2) is 48.5 Å². The molecule has 0 fully saturated rings. The highest BCUT2D eigenvalue weighted by Gasteiger charge is 2.03. The summed E-state index contributed by atoms with van der Waals surface area (Å²) >= 11 is 0. The summed E-state index contributed by atoms with van der Waals surface area (Å²) in [5.41, 5.74) is 3.72. The second-order valence-electron chi connectivity index (χ2n) is 5.38. The normalized spacial score (nSPS) is 10.1. The third-order valence-electron chi connectivity index (χ3n) is 3.39. The van der Waals surface area contributed by atoms with Gasteiger partial charge in [-0.05, 0) is 36.6 Å². The van der Waals surface area contributed by atoms with E-state index in [1.165, 1.54) is 11.1 Å². The summed E-state index contributed by atoms with van der Waals surface area (Å²) in [5, 5.41) is 14.2. The third kappa shape index (κ3) is 5.82. The molecule has 23 heavy (non-hydrogen) atoms. The lowest BCUT2D eigenvalue weighted by atomic mass is 10.1. The molecule has 3 N–H and O–H groups in total. The monoisotopic (exact) mass is 312 g/mol. The van der Waals surface area contributed by atoms with E-state index < -0.39 is 5.97 Å². The van der Waals surface area contributed by atoms with Crippen molar-refractivity contribution in [2.24, 2.45) is 0 Å². The second kappa shape index (κ2) is 7.98. The van der Waals surface area contributed by atoms with Gasteiger partial charge in [0.15, 0.2) is 0 Å². The van der Waals surface area contributed by atoms with Crippen LogP contribution in [0.2, 0.25) is 0 Å². The summed E-state index contributed by atoms with van der Waals surface area (Å²) in [4.78, 5) is 22.4. The molecule has 120 valence electrons. The number of carboxylic acids is 1. The number of aryl methyl sites for hydroxylation is 1. The van der Waals surface area contributed by atoms with Crippen molar-refractivity contribution >= 4 is 17.7 Å². The summed E-state index contributed by atoms with van der Waals surface area (Å²) in [6.45, 7) is 2.59. The first-order valence-electron chi connectivity index (χ1n) is 7.44. The van der Waals surface area contributed by atoms with Gasteiger partial charge in [-0.15, -0.1) is 0 Å². The molecule has 0 aliphatic carbocycles. The summed E-state index contributed by atoms with van der Waals surface area (Å²) in [5.74, 6) is -0.875. The van der Waals surface area contributed by atoms with Crippen LogP contribution in [0.5, 0.6) is 0 Å². The van der Waals surface area contributed by atoms with Crippen LogP contribution in [0.3, 0.4) is 0 Å². The van der Waals surface area contributed by atoms with Crippen molar-refractivity contribution < 1.29 is 14.7 Å². The van der Waals surface area contributed by atoms with Gasteiger partial charge in [-0.3, -0.25) is 4.79 Å². The van der Waals surface area contributed by atoms with Gasteiger partial charge in [-0.25, -0.2) is 4.79 Å². The Morgan fingerprint density at radius 1 is 0.957 bits per heavy atom. The largest absolute Gasteiger partial charge is 0.481 e. The van der Waals surface area contributed by atoms with Gasteiger partial charge in [0.1, 0.15) is 0 Å². The topological polar surface area (TPSA) is 78.4 Å². The molecule has 0 saturated carbocycles. The van der Waals surface area contributed by atoms with Gasteiger partial charge in [-0.2, -0.15) is 0 Å². The zero-order chi connectivity index (χ0) is 16.7. The lowest BCUT2D eigenvalue weighted by Crippen LogP contribution is -2.30. The number of aliphatic carboxylic acids is 1. The number of anilines is 1. The molecule has 0 bridgehead atoms. The molecule has 0 aliphatic heterocycles. The maximum atomic E-state index is 11.8. The molecule has 0 heterocycles. The molecule has 2 amide bonds. The zero-order valence-corrected chi connectivity index (χ0v) is 13.0. The van der Waals surface area contributed by atoms with Crippen molar-refractivity contribution in [1.29, 1.82) is 0 Å². The van der Waals surface area contributed by atoms with Crippen LogP contribution in [-0.2, 0) is 17.6 Å². The van der Waals surface area contributed by atoms with E-state index in [-0.39, 0.29) is 12.5 Å². The minimum atomic E-state index is -0.875. The van der Waals surface area contributed by atoms with Crippen molar-refractivity contribution in [3.63, 3.8) is 0 Å². The minimum Gasteiger partial charge on any atom is -0.481 e. The maximum absolute atomic E-state index is 11.8. The minimum absolute atomic E-state index is 0.0248. The van der Waals surface area contributed by atoms with Crippen LogP contribution < -0.4 is 10.6 Å². The van der Waals surface area contributed by atoms with Crippen molar-refractivity contribution in [3.05, 3.63) is 65.2 Å². The first-order chi connectivity index (χ1) is 11.0. The number of benzene rings is 2. The Morgan fingerprint density at radius 3 is 2.17 bits per heavy atom. The molecular weight excluding hydrogens is 292 g/mol. The van der Waals surface area contributed by atoms with E-state index in [2.05, 4.69) is 22.8 Å². The second-order valence-corrected chi connectivity index (χ2v) is 5.38. The van der Waals surface area contributed by atoms with Crippen molar-refractivity contribution in [2.75, 3.05) is 11.9 Å². The van der Waals surface area contributed by atoms with Crippen molar-refractivity contribution in [2.45, 2.75) is 19.8 Å². The molecule has 5 nitrogen and oxygen atoms in total. The first kappa shape index (κ1) is 16.5. The number of hydrogen-bond acceptors (Lipinski definition) is 2. The van der Waals surface area contributed by atoms with Crippen LogP contribution in [-0.4, -0.2) is 23.7 Å². The molecule has 2 rings (SSSR count). The number of hydrogen-bond donors (Lipinski definition) is 3. The van der Waals surface area contributed by atoms with Crippen LogP contribution in [0.25, 0.3) is 0 Å². The van der Waals surface area contributed by atoms with Crippen molar-refractivity contribution in [1.82, 2.24) is 5.32 Å². The zero-order valence-electron chi connectivity index (χ0n) is 13.0. The number of amides is 2. The number of urea groups is 1. The standard InChI is InChI=1S/C18H20N2O3/c1-13-2-4-14(5-3-13)10-11-19-18(23)20-16-8-6-15(7-9-16)12-17(21)22/h2-9H,10-12H2,1H3,(H,21,22)(H2,19,20,23). The fourth-order valence-corrected chi connectivity index (χ4v) is 2.13. The van der Waals surface area contributed by atoms with Gasteiger partial charge in [-0.1, -0.05) is 42.0 Å². The molecule has 0 atom stereocenters. The molecule has 0 spiro atoms. The Balaban J connectivity index is 1.76. The van der Waals surface area contributed by atoms with Crippen molar-refractivity contribution in [3.8, 4) is 0 Å². The average Bonchev–Trinajstić information content (AvgIpc) is 2.51. The smallest absolute Gasteiger partial charge is 0.319 e. The SMILES string of the molecule is Cc1ccc(CCNC(=O)Nc2ccc(CC(=O)O)cc2)cc1. The van der Waals surface area contributed by atoms with Gasteiger partial charge < -0.3 is 15.7 Å². The van der Waals surface area contributed by atoms with Crippen LogP contribution in [0.4, 0.5) is 10.5 Å². The summed E-state index contributed by atoms with van der Waals surface area (Å²) in [6.07, 6.45) is 0.744. The molecular formula is C18H20N2O3. The van der Waals surface area contributed by atoms with Crippen LogP contribution in [0, 0.1) is 6.92 Å². The van der Waals surface area contributed by atoms with Crippen LogP contribution in [0.1, 0.15) is 16.7 Å². The van der Waals surface area contributed by atoms with Crippen LogP contribution >= 0.6 is 0 Å². The van der Waals surface area contributed by atoms with Gasteiger partial charge in [0, 0.05) is 12.2 Å². The highest BCUT2D eigenvalue weighted by Crippen LogP contribution is 2.10. The predicted octanol–water partition coefficient (Wildman–Crippen LogP) is 2.99. The molecule has 0 saturated heterocycles. The molecule has 0 unspecified atom stereocenters. The van der Waals surface area contributed by atoms with E-state index in [9.17, 15) is 9.59 Å². The number of carbonyl (C=O) groups excluding carboxylic acids is 1. The maximum Gasteiger partial charge on any atom is 0.319 e. The highest BCUT2D eigenvalue weighted by molar-refractivity contribution is 5.89. The average molecular weight is 312 g/mol. The molecule has 0 aromatic heterocycles. The lowest BCUT2D eigenvalue weighted by Gasteiger charge is -2.08. The molecule has 0 radical (unpaired) electrons. The summed E-state index contributed by atoms with van der Waals surface area (Å²) < 4.78 is 0. The molecule has 5 heteroatoms. The highest BCUT2D eigenvalue weighted by atomic mass is 16.4. The summed E-state index contributed by atoms with van der Waals surface area (Å²) in [7, 11) is 0. The van der Waals surface area contributed by atoms with E-state index in [0.29, 0.717) is 17.8 Å². The fraction of sp³-hybridized carbons (Fsp3) is 0.222. The Hall–Kier alpha value is -2.82. The van der Waals surface area contributed by atoms with E-state index in [1.807, 2.05) is 19.1 Å². The molecule has 2 aromatic carbocycles. The van der Waals surface area contributed by atoms with Gasteiger partial charge in [0.25, 0.3) is 0 Å². The Labute approximate surface area is 135 Å². The van der Waals surface area contributed by atoms with E-state index in [0.717, 1.165) is 6.42 Å². The Bertz CT molecular complexity index is 664. The third-order valence-corrected chi connectivity index (χ3v) is 3.39. The fourth-order valence-electron chi connectivity index (χ4n) is 2.13. The molecule has 2 aromatic rings. The van der Waals surface area contributed by atoms with E-state index >= 15 is 0 Å². The molecule has 0 aliphatic rings. The van der Waals surface area contributed by atoms with E-state index in [1.54, 1.807) is 24.3 Å². The quantitative estimate of drug-likeness (QED) is 0.767. The lowest BCUT2D eigenvalue weighted by molar-refractivity contribution is -0.136. The van der Waals surface area contributed by atoms with E-state index in [4.69, 9.17) is 5.11 Å². The van der Waals surface area contributed by atoms with Gasteiger partial charge >= 0.3 is 12.0 Å². The predicted molar refractivity (Wildman–Crippen MR) is 89.7 cm³/mol. The number of rotatable bonds is 6. The number of nitrogens with one attached hydrogen (secondary N) is 2. The van der Waals surface area contributed by atoms with Gasteiger partial charge in [0.2, 0.25) is 0 Å². The Morgan fingerprint density at radius 2 is 1.57 bits per heavy atom. The summed E-state index contributed by atoms with van der Waals surface area (Å²) in [6, 6.07) is 14.7. The first-order valence-corrected chi connectivity index (χ1v) is 7.44. The number of carbonyl (C=O) groups is 2. The Kier molecular flexibility index (Phi) is 5.74. The van der Waals surface area contributed by atoms with Gasteiger partial charge in [0.05, 0.1) is 6.42 Å².